The van der Waals surface area contributed by atoms with Crippen molar-refractivity contribution in [2.75, 3.05) is 0 Å². The van der Waals surface area contributed by atoms with Crippen LogP contribution in [0, 0.1) is 12.8 Å². The Balaban J connectivity index is 2.38. The molecule has 72 valence electrons. The van der Waals surface area contributed by atoms with Gasteiger partial charge in [-0.15, -0.1) is 10.2 Å². The van der Waals surface area contributed by atoms with Crippen LogP contribution in [-0.4, -0.2) is 14.8 Å². The van der Waals surface area contributed by atoms with E-state index in [4.69, 9.17) is 5.73 Å². The Labute approximate surface area is 78.1 Å². The van der Waals surface area contributed by atoms with Gasteiger partial charge in [-0.25, -0.2) is 0 Å². The number of nitrogens with zero attached hydrogens (tertiary/aromatic N) is 3. The maximum absolute atomic E-state index is 6.23. The van der Waals surface area contributed by atoms with Crippen molar-refractivity contribution in [1.29, 1.82) is 0 Å². The molecule has 13 heavy (non-hydrogen) atoms. The molecule has 1 atom stereocenters. The number of aryl methyl sites for hydroxylation is 1. The van der Waals surface area contributed by atoms with Crippen molar-refractivity contribution >= 4 is 0 Å². The average molecular weight is 180 g/mol. The molecule has 0 spiro atoms. The van der Waals surface area contributed by atoms with Crippen LogP contribution in [0.1, 0.15) is 31.4 Å². The Kier molecular flexibility index (Phi) is 1.70. The van der Waals surface area contributed by atoms with Crippen molar-refractivity contribution in [3.63, 3.8) is 0 Å². The Morgan fingerprint density at radius 3 is 2.46 bits per heavy atom. The molecule has 1 aliphatic carbocycles. The Bertz CT molecular complexity index is 322. The molecular weight excluding hydrogens is 164 g/mol. The fraction of sp³-hybridized carbons (Fsp3) is 0.778. The van der Waals surface area contributed by atoms with Gasteiger partial charge in [0.25, 0.3) is 0 Å². The highest BCUT2D eigenvalue weighted by molar-refractivity contribution is 5.11. The molecule has 0 aromatic carbocycles. The van der Waals surface area contributed by atoms with Crippen LogP contribution in [0.4, 0.5) is 0 Å². The second-order valence-corrected chi connectivity index (χ2v) is 4.19. The second kappa shape index (κ2) is 2.54. The summed E-state index contributed by atoms with van der Waals surface area (Å²) < 4.78 is 1.98. The van der Waals surface area contributed by atoms with Crippen LogP contribution >= 0.6 is 0 Å². The first kappa shape index (κ1) is 8.69. The van der Waals surface area contributed by atoms with E-state index in [1.807, 2.05) is 25.5 Å². The zero-order valence-electron chi connectivity index (χ0n) is 8.41. The van der Waals surface area contributed by atoms with Gasteiger partial charge in [0.2, 0.25) is 0 Å². The van der Waals surface area contributed by atoms with Crippen LogP contribution in [0.3, 0.4) is 0 Å². The van der Waals surface area contributed by atoms with Gasteiger partial charge in [0.15, 0.2) is 5.82 Å². The van der Waals surface area contributed by atoms with E-state index in [1.165, 1.54) is 12.8 Å². The normalized spacial score (nSPS) is 21.5. The summed E-state index contributed by atoms with van der Waals surface area (Å²) in [7, 11) is 1.97. The third-order valence-corrected chi connectivity index (χ3v) is 3.00. The van der Waals surface area contributed by atoms with E-state index in [0.29, 0.717) is 5.92 Å². The third-order valence-electron chi connectivity index (χ3n) is 3.00. The summed E-state index contributed by atoms with van der Waals surface area (Å²) in [4.78, 5) is 0. The lowest BCUT2D eigenvalue weighted by Gasteiger charge is -2.22. The van der Waals surface area contributed by atoms with Gasteiger partial charge in [0.05, 0.1) is 5.54 Å². The smallest absolute Gasteiger partial charge is 0.152 e. The molecule has 0 amide bonds. The first-order valence-corrected chi connectivity index (χ1v) is 4.69. The predicted octanol–water partition coefficient (Wildman–Crippen LogP) is 0.707. The van der Waals surface area contributed by atoms with Crippen LogP contribution in [0.5, 0.6) is 0 Å². The molecule has 0 bridgehead atoms. The molecule has 4 nitrogen and oxygen atoms in total. The molecule has 0 aliphatic heterocycles. The van der Waals surface area contributed by atoms with Crippen molar-refractivity contribution in [2.45, 2.75) is 32.2 Å². The number of rotatable bonds is 2. The zero-order chi connectivity index (χ0) is 9.64. The number of aromatic nitrogens is 3. The predicted molar refractivity (Wildman–Crippen MR) is 50.0 cm³/mol. The van der Waals surface area contributed by atoms with Crippen molar-refractivity contribution in [3.8, 4) is 0 Å². The fourth-order valence-electron chi connectivity index (χ4n) is 1.74. The molecule has 1 unspecified atom stereocenters. The van der Waals surface area contributed by atoms with Gasteiger partial charge in [-0.2, -0.15) is 0 Å². The first-order valence-electron chi connectivity index (χ1n) is 4.69. The van der Waals surface area contributed by atoms with E-state index in [0.717, 1.165) is 11.6 Å². The topological polar surface area (TPSA) is 56.7 Å². The van der Waals surface area contributed by atoms with E-state index in [1.54, 1.807) is 0 Å². The minimum absolute atomic E-state index is 0.296. The molecule has 0 radical (unpaired) electrons. The molecule has 1 aliphatic rings. The first-order chi connectivity index (χ1) is 6.03. The van der Waals surface area contributed by atoms with Gasteiger partial charge >= 0.3 is 0 Å². The second-order valence-electron chi connectivity index (χ2n) is 4.19. The highest BCUT2D eigenvalue weighted by Crippen LogP contribution is 2.42. The van der Waals surface area contributed by atoms with Gasteiger partial charge in [-0.3, -0.25) is 0 Å². The molecule has 1 heterocycles. The van der Waals surface area contributed by atoms with Crippen molar-refractivity contribution < 1.29 is 0 Å². The lowest BCUT2D eigenvalue weighted by Crippen LogP contribution is -2.38. The molecule has 0 saturated heterocycles. The van der Waals surface area contributed by atoms with Gasteiger partial charge < -0.3 is 10.3 Å². The van der Waals surface area contributed by atoms with Crippen LogP contribution < -0.4 is 5.73 Å². The Hall–Kier alpha value is -0.900. The summed E-state index contributed by atoms with van der Waals surface area (Å²) in [5, 5.41) is 8.16. The van der Waals surface area contributed by atoms with Gasteiger partial charge in [0.1, 0.15) is 5.82 Å². The number of hydrogen-bond donors (Lipinski definition) is 1. The van der Waals surface area contributed by atoms with Crippen LogP contribution in [0.2, 0.25) is 0 Å². The lowest BCUT2D eigenvalue weighted by molar-refractivity contribution is 0.387. The van der Waals surface area contributed by atoms with Gasteiger partial charge in [-0.05, 0) is 32.6 Å². The van der Waals surface area contributed by atoms with Crippen molar-refractivity contribution in [1.82, 2.24) is 14.8 Å². The highest BCUT2D eigenvalue weighted by atomic mass is 15.3. The minimum atomic E-state index is -0.296. The van der Waals surface area contributed by atoms with E-state index >= 15 is 0 Å². The van der Waals surface area contributed by atoms with Gasteiger partial charge in [0, 0.05) is 7.05 Å². The van der Waals surface area contributed by atoms with Gasteiger partial charge in [-0.1, -0.05) is 0 Å². The van der Waals surface area contributed by atoms with Crippen LogP contribution in [0.25, 0.3) is 0 Å². The standard InChI is InChI=1S/C9H16N4/c1-6-11-12-8(13(6)3)9(2,10)7-4-5-7/h7H,4-5,10H2,1-3H3. The van der Waals surface area contributed by atoms with E-state index in [-0.39, 0.29) is 5.54 Å². The molecule has 1 saturated carbocycles. The van der Waals surface area contributed by atoms with E-state index in [9.17, 15) is 0 Å². The SMILES string of the molecule is Cc1nnc(C(C)(N)C2CC2)n1C. The minimum Gasteiger partial charge on any atom is -0.319 e. The number of hydrogen-bond acceptors (Lipinski definition) is 3. The Morgan fingerprint density at radius 2 is 2.08 bits per heavy atom. The summed E-state index contributed by atoms with van der Waals surface area (Å²) in [5.74, 6) is 2.43. The summed E-state index contributed by atoms with van der Waals surface area (Å²) in [6.45, 7) is 3.99. The molecule has 2 N–H and O–H groups in total. The third kappa shape index (κ3) is 1.25. The lowest BCUT2D eigenvalue weighted by atomic mass is 9.96. The molecule has 4 heteroatoms. The van der Waals surface area contributed by atoms with Crippen molar-refractivity contribution in [2.24, 2.45) is 18.7 Å². The molecule has 2 rings (SSSR count). The van der Waals surface area contributed by atoms with E-state index < -0.39 is 0 Å². The molecule has 1 aromatic heterocycles. The van der Waals surface area contributed by atoms with Crippen LogP contribution in [0.15, 0.2) is 0 Å². The monoisotopic (exact) mass is 180 g/mol. The number of nitrogens with two attached hydrogens (primary N) is 1. The van der Waals surface area contributed by atoms with Crippen LogP contribution in [-0.2, 0) is 12.6 Å². The van der Waals surface area contributed by atoms with E-state index in [2.05, 4.69) is 10.2 Å². The summed E-state index contributed by atoms with van der Waals surface area (Å²) in [6, 6.07) is 0. The molecule has 1 aromatic rings. The summed E-state index contributed by atoms with van der Waals surface area (Å²) in [6.07, 6.45) is 2.44. The summed E-state index contributed by atoms with van der Waals surface area (Å²) >= 11 is 0. The van der Waals surface area contributed by atoms with Crippen molar-refractivity contribution in [3.05, 3.63) is 11.6 Å². The maximum Gasteiger partial charge on any atom is 0.152 e. The highest BCUT2D eigenvalue weighted by Gasteiger charge is 2.42. The molecule has 1 fully saturated rings. The maximum atomic E-state index is 6.23. The Morgan fingerprint density at radius 1 is 1.46 bits per heavy atom. The summed E-state index contributed by atoms with van der Waals surface area (Å²) in [5.41, 5.74) is 5.94. The fourth-order valence-corrected chi connectivity index (χ4v) is 1.74. The largest absolute Gasteiger partial charge is 0.319 e. The molecular formula is C9H16N4. The quantitative estimate of drug-likeness (QED) is 0.729. The zero-order valence-corrected chi connectivity index (χ0v) is 8.41. The average Bonchev–Trinajstić information content (AvgIpc) is 2.82.